The SMILES string of the molecule is CC/C=C\C/C=C\C/C=C\C/C=C\C/C=C\CCCCCC(=O)OC(COCCCCCCCC/C=C\CCCCCCC)COP(=O)(O)OCC(O)CO. The molecule has 3 atom stereocenters. The highest BCUT2D eigenvalue weighted by Crippen LogP contribution is 2.43. The third-order valence-corrected chi connectivity index (χ3v) is 9.58. The Morgan fingerprint density at radius 3 is 1.58 bits per heavy atom. The van der Waals surface area contributed by atoms with E-state index in [1.807, 2.05) is 0 Å². The van der Waals surface area contributed by atoms with E-state index < -0.39 is 45.8 Å². The lowest BCUT2D eigenvalue weighted by atomic mass is 10.1. The Morgan fingerprint density at radius 2 is 1.04 bits per heavy atom. The Morgan fingerprint density at radius 1 is 0.582 bits per heavy atom. The second-order valence-electron chi connectivity index (χ2n) is 14.0. The molecule has 0 aliphatic carbocycles. The zero-order valence-corrected chi connectivity index (χ0v) is 35.5. The van der Waals surface area contributed by atoms with Gasteiger partial charge in [-0.25, -0.2) is 4.57 Å². The van der Waals surface area contributed by atoms with E-state index in [-0.39, 0.29) is 13.0 Å². The summed E-state index contributed by atoms with van der Waals surface area (Å²) in [6, 6.07) is 0. The fourth-order valence-electron chi connectivity index (χ4n) is 5.38. The number of phosphoric acid groups is 1. The lowest BCUT2D eigenvalue weighted by Crippen LogP contribution is -2.29. The predicted octanol–water partition coefficient (Wildman–Crippen LogP) is 11.8. The summed E-state index contributed by atoms with van der Waals surface area (Å²) in [5.74, 6) is -0.418. The zero-order chi connectivity index (χ0) is 40.3. The fourth-order valence-corrected chi connectivity index (χ4v) is 6.16. The standard InChI is InChI=1S/C45H79O9P/c1-3-5-7-9-11-13-15-17-19-20-21-22-23-25-27-29-31-33-35-37-45(48)54-44(42-53-55(49,50)52-40-43(47)39-46)41-51-38-36-34-32-30-28-26-24-18-16-14-12-10-8-6-4-2/h5,7,11,13,16-19,21-22,25,27,43-44,46-47H,3-4,6,8-10,12,14-15,20,23-24,26,28-42H2,1-2H3,(H,49,50)/b7-5-,13-11-,18-16-,19-17-,22-21-,27-25-. The first kappa shape index (κ1) is 52.9. The molecule has 10 heteroatoms. The number of hydrogen-bond donors (Lipinski definition) is 3. The van der Waals surface area contributed by atoms with Crippen LogP contribution in [0.5, 0.6) is 0 Å². The summed E-state index contributed by atoms with van der Waals surface area (Å²) in [6.45, 7) is 3.32. The van der Waals surface area contributed by atoms with E-state index in [1.54, 1.807) is 0 Å². The van der Waals surface area contributed by atoms with Crippen molar-refractivity contribution in [2.24, 2.45) is 0 Å². The average molecular weight is 795 g/mol. The zero-order valence-electron chi connectivity index (χ0n) is 34.6. The van der Waals surface area contributed by atoms with Crippen LogP contribution < -0.4 is 0 Å². The number of aliphatic hydroxyl groups excluding tert-OH is 2. The van der Waals surface area contributed by atoms with Crippen LogP contribution in [0.25, 0.3) is 0 Å². The maximum absolute atomic E-state index is 12.6. The van der Waals surface area contributed by atoms with E-state index >= 15 is 0 Å². The first-order chi connectivity index (χ1) is 26.8. The molecule has 0 aliphatic rings. The van der Waals surface area contributed by atoms with Crippen LogP contribution in [0.1, 0.15) is 162 Å². The lowest BCUT2D eigenvalue weighted by Gasteiger charge is -2.20. The van der Waals surface area contributed by atoms with E-state index in [9.17, 15) is 19.4 Å². The molecule has 0 radical (unpaired) electrons. The van der Waals surface area contributed by atoms with E-state index in [1.165, 1.54) is 57.8 Å². The number of unbranched alkanes of at least 4 members (excludes halogenated alkanes) is 14. The number of esters is 1. The molecule has 0 spiro atoms. The molecule has 0 aliphatic heterocycles. The largest absolute Gasteiger partial charge is 0.472 e. The van der Waals surface area contributed by atoms with Crippen LogP contribution in [-0.4, -0.2) is 66.3 Å². The van der Waals surface area contributed by atoms with Gasteiger partial charge in [0.05, 0.1) is 26.4 Å². The summed E-state index contributed by atoms with van der Waals surface area (Å²) in [5, 5.41) is 18.3. The molecular weight excluding hydrogens is 715 g/mol. The minimum atomic E-state index is -4.53. The lowest BCUT2D eigenvalue weighted by molar-refractivity contribution is -0.154. The molecule has 55 heavy (non-hydrogen) atoms. The highest BCUT2D eigenvalue weighted by molar-refractivity contribution is 7.47. The molecule has 0 saturated heterocycles. The van der Waals surface area contributed by atoms with Gasteiger partial charge in [0.15, 0.2) is 0 Å². The Kier molecular flexibility index (Phi) is 39.9. The van der Waals surface area contributed by atoms with Gasteiger partial charge in [0.25, 0.3) is 0 Å². The highest BCUT2D eigenvalue weighted by atomic mass is 31.2. The first-order valence-corrected chi connectivity index (χ1v) is 22.9. The molecule has 0 fully saturated rings. The van der Waals surface area contributed by atoms with Crippen molar-refractivity contribution in [3.05, 3.63) is 72.9 Å². The molecule has 9 nitrogen and oxygen atoms in total. The van der Waals surface area contributed by atoms with Gasteiger partial charge < -0.3 is 24.6 Å². The molecule has 0 aromatic carbocycles. The molecule has 0 saturated carbocycles. The Labute approximate surface area is 335 Å². The van der Waals surface area contributed by atoms with E-state index in [0.29, 0.717) is 13.0 Å². The Bertz CT molecular complexity index is 1080. The normalized spacial score (nSPS) is 14.8. The van der Waals surface area contributed by atoms with Crippen molar-refractivity contribution in [2.45, 2.75) is 174 Å². The maximum atomic E-state index is 12.6. The molecule has 0 amide bonds. The van der Waals surface area contributed by atoms with E-state index in [0.717, 1.165) is 77.0 Å². The Balaban J connectivity index is 4.28. The number of aliphatic hydroxyl groups is 2. The van der Waals surface area contributed by atoms with Crippen LogP contribution in [0, 0.1) is 0 Å². The second-order valence-corrected chi connectivity index (χ2v) is 15.4. The van der Waals surface area contributed by atoms with Crippen molar-refractivity contribution in [2.75, 3.05) is 33.0 Å². The van der Waals surface area contributed by atoms with E-state index in [4.69, 9.17) is 23.6 Å². The van der Waals surface area contributed by atoms with Crippen LogP contribution >= 0.6 is 7.82 Å². The number of ether oxygens (including phenoxy) is 2. The minimum Gasteiger partial charge on any atom is -0.457 e. The fraction of sp³-hybridized carbons (Fsp3) is 0.711. The average Bonchev–Trinajstić information content (AvgIpc) is 3.18. The summed E-state index contributed by atoms with van der Waals surface area (Å²) in [4.78, 5) is 22.6. The van der Waals surface area contributed by atoms with Crippen molar-refractivity contribution >= 4 is 13.8 Å². The summed E-state index contributed by atoms with van der Waals surface area (Å²) < 4.78 is 33.3. The third-order valence-electron chi connectivity index (χ3n) is 8.63. The van der Waals surface area contributed by atoms with Gasteiger partial charge in [-0.15, -0.1) is 0 Å². The maximum Gasteiger partial charge on any atom is 0.472 e. The van der Waals surface area contributed by atoms with Crippen LogP contribution in [0.3, 0.4) is 0 Å². The van der Waals surface area contributed by atoms with Crippen molar-refractivity contribution in [1.82, 2.24) is 0 Å². The number of allylic oxidation sites excluding steroid dienone is 12. The predicted molar refractivity (Wildman–Crippen MR) is 228 cm³/mol. The van der Waals surface area contributed by atoms with Crippen molar-refractivity contribution in [1.29, 1.82) is 0 Å². The van der Waals surface area contributed by atoms with Gasteiger partial charge in [0.1, 0.15) is 12.2 Å². The first-order valence-electron chi connectivity index (χ1n) is 21.4. The summed E-state index contributed by atoms with van der Waals surface area (Å²) in [7, 11) is -4.53. The van der Waals surface area contributed by atoms with Crippen LogP contribution in [0.2, 0.25) is 0 Å². The van der Waals surface area contributed by atoms with Gasteiger partial charge in [-0.05, 0) is 83.5 Å². The summed E-state index contributed by atoms with van der Waals surface area (Å²) in [5.41, 5.74) is 0. The topological polar surface area (TPSA) is 132 Å². The smallest absolute Gasteiger partial charge is 0.457 e. The van der Waals surface area contributed by atoms with Gasteiger partial charge in [-0.1, -0.05) is 145 Å². The summed E-state index contributed by atoms with van der Waals surface area (Å²) in [6.07, 6.45) is 48.6. The highest BCUT2D eigenvalue weighted by Gasteiger charge is 2.26. The monoisotopic (exact) mass is 795 g/mol. The molecule has 0 bridgehead atoms. The van der Waals surface area contributed by atoms with Gasteiger partial charge >= 0.3 is 13.8 Å². The van der Waals surface area contributed by atoms with Crippen LogP contribution in [-0.2, 0) is 27.9 Å². The quantitative estimate of drug-likeness (QED) is 0.0240. The second kappa shape index (κ2) is 41.5. The van der Waals surface area contributed by atoms with Crippen LogP contribution in [0.4, 0.5) is 0 Å². The van der Waals surface area contributed by atoms with Crippen molar-refractivity contribution < 1.29 is 43.0 Å². The van der Waals surface area contributed by atoms with Crippen molar-refractivity contribution in [3.63, 3.8) is 0 Å². The molecule has 0 aromatic heterocycles. The van der Waals surface area contributed by atoms with E-state index in [2.05, 4.69) is 86.8 Å². The molecular formula is C45H79O9P. The number of carbonyl (C=O) groups is 1. The van der Waals surface area contributed by atoms with Crippen molar-refractivity contribution in [3.8, 4) is 0 Å². The number of rotatable bonds is 40. The molecule has 0 heterocycles. The third kappa shape index (κ3) is 41.4. The molecule has 3 N–H and O–H groups in total. The van der Waals surface area contributed by atoms with Gasteiger partial charge in [-0.2, -0.15) is 0 Å². The van der Waals surface area contributed by atoms with Crippen LogP contribution in [0.15, 0.2) is 72.9 Å². The minimum absolute atomic E-state index is 0.0278. The molecule has 318 valence electrons. The number of carbonyl (C=O) groups excluding carboxylic acids is 1. The number of hydrogen-bond acceptors (Lipinski definition) is 8. The molecule has 3 unspecified atom stereocenters. The summed E-state index contributed by atoms with van der Waals surface area (Å²) >= 11 is 0. The van der Waals surface area contributed by atoms with Gasteiger partial charge in [-0.3, -0.25) is 13.8 Å². The molecule has 0 rings (SSSR count). The number of phosphoric ester groups is 1. The van der Waals surface area contributed by atoms with Gasteiger partial charge in [0.2, 0.25) is 0 Å². The van der Waals surface area contributed by atoms with Gasteiger partial charge in [0, 0.05) is 13.0 Å². The Hall–Kier alpha value is -2.10. The molecule has 0 aromatic rings.